The molecule has 1 aromatic heterocycles. The highest BCUT2D eigenvalue weighted by Crippen LogP contribution is 2.21. The van der Waals surface area contributed by atoms with E-state index in [9.17, 15) is 4.79 Å². The second-order valence-electron chi connectivity index (χ2n) is 7.23. The number of aromatic amines is 1. The van der Waals surface area contributed by atoms with Gasteiger partial charge in [-0.2, -0.15) is 5.10 Å². The molecule has 0 saturated carbocycles. The molecule has 0 aliphatic heterocycles. The van der Waals surface area contributed by atoms with Crippen LogP contribution in [0.2, 0.25) is 0 Å². The van der Waals surface area contributed by atoms with E-state index in [2.05, 4.69) is 27.4 Å². The van der Waals surface area contributed by atoms with E-state index in [1.807, 2.05) is 83.4 Å². The number of hydrogen-bond donors (Lipinski definition) is 2. The van der Waals surface area contributed by atoms with Crippen LogP contribution in [0.5, 0.6) is 5.75 Å². The van der Waals surface area contributed by atoms with Crippen LogP contribution in [0.25, 0.3) is 11.4 Å². The Bertz CT molecular complexity index is 1360. The summed E-state index contributed by atoms with van der Waals surface area (Å²) in [7, 11) is 1.62. The summed E-state index contributed by atoms with van der Waals surface area (Å²) >= 11 is 5.36. The lowest BCUT2D eigenvalue weighted by Gasteiger charge is -2.09. The molecule has 3 aromatic carbocycles. The van der Waals surface area contributed by atoms with Crippen molar-refractivity contribution in [2.75, 3.05) is 12.4 Å². The molecule has 0 fully saturated rings. The third kappa shape index (κ3) is 5.76. The summed E-state index contributed by atoms with van der Waals surface area (Å²) in [4.78, 5) is 12.6. The summed E-state index contributed by atoms with van der Waals surface area (Å²) in [6.45, 7) is 0.399. The Hall–Kier alpha value is -4.15. The van der Waals surface area contributed by atoms with Gasteiger partial charge in [0.1, 0.15) is 5.75 Å². The molecular formula is C26H22N4O2S. The van der Waals surface area contributed by atoms with Crippen molar-refractivity contribution >= 4 is 23.8 Å². The smallest absolute Gasteiger partial charge is 0.226 e. The van der Waals surface area contributed by atoms with Gasteiger partial charge in [-0.05, 0) is 66.8 Å². The van der Waals surface area contributed by atoms with Crippen LogP contribution in [0.3, 0.4) is 0 Å². The first kappa shape index (κ1) is 22.1. The number of carbonyl (C=O) groups is 1. The molecule has 0 atom stereocenters. The molecule has 4 aromatic rings. The number of benzene rings is 3. The van der Waals surface area contributed by atoms with E-state index in [0.717, 1.165) is 22.4 Å². The standard InChI is InChI=1S/C26H22N4O2S/c1-32-23-14-12-21(13-15-23)25-28-29-26(33)30(25)17-16-24(31)27-22-9-5-8-20(18-22)11-10-19-6-3-2-4-7-19/h2-9,12-15,18H,16-17H2,1H3,(H,27,31)(H,29,33). The molecule has 1 heterocycles. The highest BCUT2D eigenvalue weighted by atomic mass is 32.1. The van der Waals surface area contributed by atoms with Crippen LogP contribution in [-0.4, -0.2) is 27.8 Å². The van der Waals surface area contributed by atoms with Gasteiger partial charge < -0.3 is 10.1 Å². The number of hydrogen-bond acceptors (Lipinski definition) is 4. The van der Waals surface area contributed by atoms with Gasteiger partial charge in [-0.15, -0.1) is 0 Å². The van der Waals surface area contributed by atoms with Crippen LogP contribution in [-0.2, 0) is 11.3 Å². The number of nitrogens with one attached hydrogen (secondary N) is 2. The molecule has 0 aliphatic carbocycles. The largest absolute Gasteiger partial charge is 0.497 e. The summed E-state index contributed by atoms with van der Waals surface area (Å²) in [5, 5.41) is 10.1. The molecule has 0 unspecified atom stereocenters. The zero-order valence-corrected chi connectivity index (χ0v) is 18.9. The van der Waals surface area contributed by atoms with Crippen molar-refractivity contribution in [2.45, 2.75) is 13.0 Å². The third-order valence-corrected chi connectivity index (χ3v) is 5.25. The fourth-order valence-corrected chi connectivity index (χ4v) is 3.49. The lowest BCUT2D eigenvalue weighted by molar-refractivity contribution is -0.116. The van der Waals surface area contributed by atoms with Crippen LogP contribution < -0.4 is 10.1 Å². The quantitative estimate of drug-likeness (QED) is 0.316. The van der Waals surface area contributed by atoms with Gasteiger partial charge in [0.25, 0.3) is 0 Å². The zero-order valence-electron chi connectivity index (χ0n) is 18.0. The Balaban J connectivity index is 1.41. The lowest BCUT2D eigenvalue weighted by Crippen LogP contribution is -2.15. The van der Waals surface area contributed by atoms with Crippen LogP contribution in [0.4, 0.5) is 5.69 Å². The van der Waals surface area contributed by atoms with Crippen molar-refractivity contribution in [3.63, 3.8) is 0 Å². The number of aromatic nitrogens is 3. The van der Waals surface area contributed by atoms with Crippen molar-refractivity contribution in [3.05, 3.63) is 94.8 Å². The average Bonchev–Trinajstić information content (AvgIpc) is 3.22. The summed E-state index contributed by atoms with van der Waals surface area (Å²) in [6, 6.07) is 24.8. The molecule has 6 nitrogen and oxygen atoms in total. The zero-order chi connectivity index (χ0) is 23.0. The van der Waals surface area contributed by atoms with Crippen molar-refractivity contribution in [1.82, 2.24) is 14.8 Å². The summed E-state index contributed by atoms with van der Waals surface area (Å²) in [5.74, 6) is 7.57. The summed E-state index contributed by atoms with van der Waals surface area (Å²) < 4.78 is 7.49. The Labute approximate surface area is 197 Å². The van der Waals surface area contributed by atoms with Gasteiger partial charge in [-0.25, -0.2) is 0 Å². The predicted molar refractivity (Wildman–Crippen MR) is 132 cm³/mol. The van der Waals surface area contributed by atoms with E-state index in [1.165, 1.54) is 0 Å². The number of methoxy groups -OCH3 is 1. The van der Waals surface area contributed by atoms with Crippen molar-refractivity contribution in [1.29, 1.82) is 0 Å². The number of amides is 1. The molecule has 1 amide bonds. The summed E-state index contributed by atoms with van der Waals surface area (Å²) in [6.07, 6.45) is 0.247. The second-order valence-corrected chi connectivity index (χ2v) is 7.61. The molecule has 0 bridgehead atoms. The number of anilines is 1. The van der Waals surface area contributed by atoms with E-state index < -0.39 is 0 Å². The monoisotopic (exact) mass is 454 g/mol. The molecule has 4 rings (SSSR count). The Morgan fingerprint density at radius 1 is 1.03 bits per heavy atom. The third-order valence-electron chi connectivity index (χ3n) is 4.94. The molecule has 33 heavy (non-hydrogen) atoms. The molecule has 2 N–H and O–H groups in total. The normalized spacial score (nSPS) is 10.2. The fourth-order valence-electron chi connectivity index (χ4n) is 3.26. The Morgan fingerprint density at radius 2 is 1.76 bits per heavy atom. The SMILES string of the molecule is COc1ccc(-c2n[nH]c(=S)n2CCC(=O)Nc2cccc(C#Cc3ccccc3)c2)cc1. The van der Waals surface area contributed by atoms with Crippen LogP contribution in [0.15, 0.2) is 78.9 Å². The minimum absolute atomic E-state index is 0.119. The number of H-pyrrole nitrogens is 1. The van der Waals surface area contributed by atoms with Crippen molar-refractivity contribution < 1.29 is 9.53 Å². The van der Waals surface area contributed by atoms with Gasteiger partial charge in [0, 0.05) is 35.3 Å². The maximum absolute atomic E-state index is 12.6. The van der Waals surface area contributed by atoms with E-state index in [0.29, 0.717) is 22.8 Å². The maximum atomic E-state index is 12.6. The highest BCUT2D eigenvalue weighted by Gasteiger charge is 2.11. The number of nitrogens with zero attached hydrogens (tertiary/aromatic N) is 2. The number of ether oxygens (including phenoxy) is 1. The molecule has 0 saturated heterocycles. The molecular weight excluding hydrogens is 432 g/mol. The van der Waals surface area contributed by atoms with Gasteiger partial charge in [0.2, 0.25) is 5.91 Å². The van der Waals surface area contributed by atoms with Crippen LogP contribution in [0.1, 0.15) is 17.5 Å². The first-order chi connectivity index (χ1) is 16.1. The van der Waals surface area contributed by atoms with Crippen LogP contribution in [0, 0.1) is 16.6 Å². The molecule has 0 radical (unpaired) electrons. The predicted octanol–water partition coefficient (Wildman–Crippen LogP) is 5.04. The van der Waals surface area contributed by atoms with E-state index >= 15 is 0 Å². The fraction of sp³-hybridized carbons (Fsp3) is 0.115. The van der Waals surface area contributed by atoms with Gasteiger partial charge in [-0.3, -0.25) is 14.5 Å². The van der Waals surface area contributed by atoms with E-state index in [1.54, 1.807) is 7.11 Å². The van der Waals surface area contributed by atoms with Gasteiger partial charge in [-0.1, -0.05) is 36.1 Å². The molecule has 164 valence electrons. The van der Waals surface area contributed by atoms with Crippen molar-refractivity contribution in [2.24, 2.45) is 0 Å². The minimum Gasteiger partial charge on any atom is -0.497 e. The number of rotatable bonds is 6. The first-order valence-electron chi connectivity index (χ1n) is 10.4. The van der Waals surface area contributed by atoms with Crippen molar-refractivity contribution in [3.8, 4) is 29.0 Å². The lowest BCUT2D eigenvalue weighted by atomic mass is 10.1. The Morgan fingerprint density at radius 3 is 2.52 bits per heavy atom. The number of carbonyl (C=O) groups excluding carboxylic acids is 1. The molecule has 0 spiro atoms. The minimum atomic E-state index is -0.119. The average molecular weight is 455 g/mol. The van der Waals surface area contributed by atoms with Crippen LogP contribution >= 0.6 is 12.2 Å². The Kier molecular flexibility index (Phi) is 6.98. The van der Waals surface area contributed by atoms with Gasteiger partial charge in [0.15, 0.2) is 10.6 Å². The van der Waals surface area contributed by atoms with Gasteiger partial charge >= 0.3 is 0 Å². The highest BCUT2D eigenvalue weighted by molar-refractivity contribution is 7.71. The topological polar surface area (TPSA) is 71.9 Å². The maximum Gasteiger partial charge on any atom is 0.226 e. The molecule has 0 aliphatic rings. The van der Waals surface area contributed by atoms with E-state index in [4.69, 9.17) is 17.0 Å². The van der Waals surface area contributed by atoms with E-state index in [-0.39, 0.29) is 12.3 Å². The second kappa shape index (κ2) is 10.4. The summed E-state index contributed by atoms with van der Waals surface area (Å²) in [5.41, 5.74) is 3.35. The van der Waals surface area contributed by atoms with Gasteiger partial charge in [0.05, 0.1) is 7.11 Å². The first-order valence-corrected chi connectivity index (χ1v) is 10.8. The molecule has 7 heteroatoms.